The highest BCUT2D eigenvalue weighted by Crippen LogP contribution is 2.24. The van der Waals surface area contributed by atoms with Gasteiger partial charge in [0.15, 0.2) is 0 Å². The van der Waals surface area contributed by atoms with Gasteiger partial charge in [0, 0.05) is 5.56 Å². The van der Waals surface area contributed by atoms with E-state index >= 15 is 0 Å². The Bertz CT molecular complexity index is 492. The Morgan fingerprint density at radius 2 is 1.68 bits per heavy atom. The van der Waals surface area contributed by atoms with E-state index in [0.717, 1.165) is 24.2 Å². The van der Waals surface area contributed by atoms with Gasteiger partial charge < -0.3 is 9.84 Å². The molecule has 0 saturated carbocycles. The number of hydrogen-bond donors (Lipinski definition) is 1. The van der Waals surface area contributed by atoms with Crippen LogP contribution in [-0.4, -0.2) is 11.7 Å². The minimum absolute atomic E-state index is 0.495. The second kappa shape index (κ2) is 6.95. The molecule has 2 nitrogen and oxygen atoms in total. The van der Waals surface area contributed by atoms with E-state index in [-0.39, 0.29) is 0 Å². The summed E-state index contributed by atoms with van der Waals surface area (Å²) in [7, 11) is 0. The molecule has 0 amide bonds. The molecule has 1 atom stereocenters. The summed E-state index contributed by atoms with van der Waals surface area (Å²) in [5.41, 5.74) is 2.18. The van der Waals surface area contributed by atoms with Crippen molar-refractivity contribution in [3.63, 3.8) is 0 Å². The number of aliphatic hydroxyl groups is 1. The molecule has 0 unspecified atom stereocenters. The molecule has 0 aliphatic rings. The van der Waals surface area contributed by atoms with Crippen LogP contribution in [0.25, 0.3) is 0 Å². The van der Waals surface area contributed by atoms with E-state index in [9.17, 15) is 5.11 Å². The van der Waals surface area contributed by atoms with Crippen LogP contribution in [0.5, 0.6) is 5.75 Å². The van der Waals surface area contributed by atoms with Crippen LogP contribution in [0.1, 0.15) is 30.6 Å². The molecule has 0 radical (unpaired) electrons. The van der Waals surface area contributed by atoms with E-state index in [2.05, 4.69) is 24.3 Å². The molecule has 0 bridgehead atoms. The zero-order valence-electron chi connectivity index (χ0n) is 11.3. The second-order valence-corrected chi connectivity index (χ2v) is 4.65. The molecule has 19 heavy (non-hydrogen) atoms. The Morgan fingerprint density at radius 1 is 1.00 bits per heavy atom. The smallest absolute Gasteiger partial charge is 0.125 e. The van der Waals surface area contributed by atoms with Crippen LogP contribution in [0.2, 0.25) is 0 Å². The van der Waals surface area contributed by atoms with Crippen molar-refractivity contribution >= 4 is 0 Å². The van der Waals surface area contributed by atoms with Gasteiger partial charge >= 0.3 is 0 Å². The Morgan fingerprint density at radius 3 is 2.42 bits per heavy atom. The van der Waals surface area contributed by atoms with Crippen LogP contribution >= 0.6 is 0 Å². The minimum atomic E-state index is -0.495. The number of aryl methyl sites for hydroxylation is 1. The number of benzene rings is 2. The van der Waals surface area contributed by atoms with Crippen LogP contribution in [0, 0.1) is 0 Å². The van der Waals surface area contributed by atoms with Gasteiger partial charge in [-0.15, -0.1) is 0 Å². The molecule has 2 rings (SSSR count). The van der Waals surface area contributed by atoms with Gasteiger partial charge in [0.1, 0.15) is 5.75 Å². The summed E-state index contributed by atoms with van der Waals surface area (Å²) in [5, 5.41) is 9.66. The molecule has 0 fully saturated rings. The van der Waals surface area contributed by atoms with Crippen molar-refractivity contribution in [2.45, 2.75) is 25.9 Å². The van der Waals surface area contributed by atoms with E-state index in [0.29, 0.717) is 6.61 Å². The lowest BCUT2D eigenvalue weighted by Crippen LogP contribution is -2.03. The number of para-hydroxylation sites is 1. The fraction of sp³-hybridized carbons (Fsp3) is 0.294. The van der Waals surface area contributed by atoms with Gasteiger partial charge in [-0.1, -0.05) is 48.5 Å². The summed E-state index contributed by atoms with van der Waals surface area (Å²) in [6.07, 6.45) is 1.49. The lowest BCUT2D eigenvalue weighted by atomic mass is 10.1. The molecule has 100 valence electrons. The highest BCUT2D eigenvalue weighted by atomic mass is 16.5. The van der Waals surface area contributed by atoms with Crippen molar-refractivity contribution in [3.8, 4) is 5.75 Å². The van der Waals surface area contributed by atoms with Gasteiger partial charge in [-0.3, -0.25) is 0 Å². The topological polar surface area (TPSA) is 29.5 Å². The van der Waals surface area contributed by atoms with Gasteiger partial charge in [0.05, 0.1) is 12.7 Å². The molecule has 2 aromatic carbocycles. The Hall–Kier alpha value is -1.80. The van der Waals surface area contributed by atoms with Gasteiger partial charge in [0.2, 0.25) is 0 Å². The minimum Gasteiger partial charge on any atom is -0.493 e. The maximum atomic E-state index is 9.66. The molecule has 0 aliphatic heterocycles. The van der Waals surface area contributed by atoms with E-state index in [1.165, 1.54) is 5.56 Å². The SMILES string of the molecule is C[C@H](O)c1ccccc1OCCCc1ccccc1. The summed E-state index contributed by atoms with van der Waals surface area (Å²) in [6.45, 7) is 2.42. The van der Waals surface area contributed by atoms with Crippen LogP contribution in [0.4, 0.5) is 0 Å². The molecule has 0 spiro atoms. The summed E-state index contributed by atoms with van der Waals surface area (Å²) in [6, 6.07) is 18.0. The molecular formula is C17H20O2. The van der Waals surface area contributed by atoms with E-state index < -0.39 is 6.10 Å². The third-order valence-corrected chi connectivity index (χ3v) is 3.08. The molecule has 0 saturated heterocycles. The van der Waals surface area contributed by atoms with Crippen LogP contribution in [0.3, 0.4) is 0 Å². The van der Waals surface area contributed by atoms with Gasteiger partial charge in [-0.25, -0.2) is 0 Å². The van der Waals surface area contributed by atoms with E-state index in [1.54, 1.807) is 6.92 Å². The predicted octanol–water partition coefficient (Wildman–Crippen LogP) is 3.75. The molecule has 0 heterocycles. The van der Waals surface area contributed by atoms with Crippen molar-refractivity contribution < 1.29 is 9.84 Å². The largest absolute Gasteiger partial charge is 0.493 e. The first-order chi connectivity index (χ1) is 9.27. The number of rotatable bonds is 6. The molecule has 1 N–H and O–H groups in total. The third kappa shape index (κ3) is 4.11. The fourth-order valence-electron chi connectivity index (χ4n) is 2.06. The molecule has 2 heteroatoms. The van der Waals surface area contributed by atoms with Crippen molar-refractivity contribution in [1.82, 2.24) is 0 Å². The van der Waals surface area contributed by atoms with Crippen LogP contribution in [0.15, 0.2) is 54.6 Å². The van der Waals surface area contributed by atoms with Crippen LogP contribution in [-0.2, 0) is 6.42 Å². The number of hydrogen-bond acceptors (Lipinski definition) is 2. The maximum Gasteiger partial charge on any atom is 0.125 e. The predicted molar refractivity (Wildman–Crippen MR) is 77.3 cm³/mol. The number of aliphatic hydroxyl groups excluding tert-OH is 1. The Labute approximate surface area is 114 Å². The normalized spacial score (nSPS) is 12.1. The zero-order chi connectivity index (χ0) is 13.5. The second-order valence-electron chi connectivity index (χ2n) is 4.65. The Balaban J connectivity index is 1.83. The lowest BCUT2D eigenvalue weighted by molar-refractivity contribution is 0.191. The quantitative estimate of drug-likeness (QED) is 0.798. The highest BCUT2D eigenvalue weighted by Gasteiger charge is 2.07. The monoisotopic (exact) mass is 256 g/mol. The molecule has 0 aliphatic carbocycles. The van der Waals surface area contributed by atoms with Crippen molar-refractivity contribution in [2.75, 3.05) is 6.61 Å². The average molecular weight is 256 g/mol. The van der Waals surface area contributed by atoms with Crippen molar-refractivity contribution in [3.05, 3.63) is 65.7 Å². The summed E-state index contributed by atoms with van der Waals surface area (Å²) < 4.78 is 5.76. The van der Waals surface area contributed by atoms with Gasteiger partial charge in [-0.05, 0) is 31.4 Å². The molecular weight excluding hydrogens is 236 g/mol. The summed E-state index contributed by atoms with van der Waals surface area (Å²) >= 11 is 0. The summed E-state index contributed by atoms with van der Waals surface area (Å²) in [4.78, 5) is 0. The van der Waals surface area contributed by atoms with Crippen molar-refractivity contribution in [1.29, 1.82) is 0 Å². The average Bonchev–Trinajstić information content (AvgIpc) is 2.45. The van der Waals surface area contributed by atoms with Crippen molar-refractivity contribution in [2.24, 2.45) is 0 Å². The number of ether oxygens (including phenoxy) is 1. The summed E-state index contributed by atoms with van der Waals surface area (Å²) in [5.74, 6) is 0.783. The third-order valence-electron chi connectivity index (χ3n) is 3.08. The van der Waals surface area contributed by atoms with Gasteiger partial charge in [-0.2, -0.15) is 0 Å². The first-order valence-corrected chi connectivity index (χ1v) is 6.71. The first-order valence-electron chi connectivity index (χ1n) is 6.71. The Kier molecular flexibility index (Phi) is 4.99. The first kappa shape index (κ1) is 13.6. The van der Waals surface area contributed by atoms with E-state index in [1.807, 2.05) is 30.3 Å². The van der Waals surface area contributed by atoms with Crippen LogP contribution < -0.4 is 4.74 Å². The molecule has 0 aromatic heterocycles. The standard InChI is InChI=1S/C17H20O2/c1-14(18)16-11-5-6-12-17(16)19-13-7-10-15-8-3-2-4-9-15/h2-6,8-9,11-12,14,18H,7,10,13H2,1H3/t14-/m0/s1. The highest BCUT2D eigenvalue weighted by molar-refractivity contribution is 5.34. The van der Waals surface area contributed by atoms with Gasteiger partial charge in [0.25, 0.3) is 0 Å². The molecule has 2 aromatic rings. The lowest BCUT2D eigenvalue weighted by Gasteiger charge is -2.13. The zero-order valence-corrected chi connectivity index (χ0v) is 11.3. The fourth-order valence-corrected chi connectivity index (χ4v) is 2.06. The maximum absolute atomic E-state index is 9.66. The van der Waals surface area contributed by atoms with E-state index in [4.69, 9.17) is 4.74 Å².